The maximum atomic E-state index is 10.1. The van der Waals surface area contributed by atoms with Crippen LogP contribution in [0.2, 0.25) is 0 Å². The summed E-state index contributed by atoms with van der Waals surface area (Å²) in [5.41, 5.74) is 1.80. The molecule has 1 aromatic carbocycles. The number of hydrogen-bond donors (Lipinski definition) is 0. The largest absolute Gasteiger partial charge is 0.240 e. The molecule has 1 rings (SSSR count). The quantitative estimate of drug-likeness (QED) is 0.574. The Bertz CT molecular complexity index is 354. The molecule has 0 fully saturated rings. The molecule has 0 radical (unpaired) electrons. The van der Waals surface area contributed by atoms with E-state index >= 15 is 0 Å². The molecule has 0 bridgehead atoms. The first kappa shape index (κ1) is 10.2. The van der Waals surface area contributed by atoms with Gasteiger partial charge in [-0.1, -0.05) is 29.8 Å². The van der Waals surface area contributed by atoms with Crippen LogP contribution in [0.5, 0.6) is 0 Å². The summed E-state index contributed by atoms with van der Waals surface area (Å²) >= 11 is 3.36. The van der Waals surface area contributed by atoms with Crippen molar-refractivity contribution < 1.29 is 4.79 Å². The first-order valence-electron chi connectivity index (χ1n) is 4.02. The molecule has 3 heteroatoms. The van der Waals surface area contributed by atoms with Gasteiger partial charge < -0.3 is 0 Å². The van der Waals surface area contributed by atoms with Crippen LogP contribution < -0.4 is 0 Å². The van der Waals surface area contributed by atoms with Crippen molar-refractivity contribution in [3.8, 4) is 0 Å². The summed E-state index contributed by atoms with van der Waals surface area (Å²) in [4.78, 5) is 13.6. The van der Waals surface area contributed by atoms with E-state index < -0.39 is 0 Å². The summed E-state index contributed by atoms with van der Waals surface area (Å²) < 4.78 is 0.938. The van der Waals surface area contributed by atoms with Crippen LogP contribution in [0, 0.1) is 0 Å². The van der Waals surface area contributed by atoms with E-state index in [0.717, 1.165) is 10.0 Å². The predicted octanol–water partition coefficient (Wildman–Crippen LogP) is 3.54. The number of carbonyl (C=O) groups excluding carboxylic acids is 1. The molecule has 0 spiro atoms. The molecule has 0 atom stereocenters. The monoisotopic (exact) mass is 239 g/mol. The van der Waals surface area contributed by atoms with Crippen molar-refractivity contribution in [1.29, 1.82) is 0 Å². The van der Waals surface area contributed by atoms with Crippen LogP contribution in [0.15, 0.2) is 27.7 Å². The molecule has 0 saturated carbocycles. The van der Waals surface area contributed by atoms with Gasteiger partial charge in [0.25, 0.3) is 0 Å². The van der Waals surface area contributed by atoms with E-state index in [4.69, 9.17) is 0 Å². The standard InChI is InChI=1S/C10H10BrNO/c1-7(2)8-3-9(11)5-10(4-8)12-6-13/h3-5,7H,1-2H3. The molecule has 0 saturated heterocycles. The summed E-state index contributed by atoms with van der Waals surface area (Å²) in [5, 5.41) is 0. The number of rotatable bonds is 2. The molecule has 0 amide bonds. The molecule has 0 aliphatic heterocycles. The van der Waals surface area contributed by atoms with E-state index in [2.05, 4.69) is 34.8 Å². The zero-order chi connectivity index (χ0) is 9.84. The van der Waals surface area contributed by atoms with Gasteiger partial charge in [0, 0.05) is 4.47 Å². The van der Waals surface area contributed by atoms with Crippen LogP contribution >= 0.6 is 15.9 Å². The van der Waals surface area contributed by atoms with E-state index in [9.17, 15) is 4.79 Å². The van der Waals surface area contributed by atoms with Gasteiger partial charge in [-0.15, -0.1) is 0 Å². The van der Waals surface area contributed by atoms with Gasteiger partial charge in [-0.2, -0.15) is 4.99 Å². The Kier molecular flexibility index (Phi) is 3.40. The first-order valence-corrected chi connectivity index (χ1v) is 4.81. The lowest BCUT2D eigenvalue weighted by molar-refractivity contribution is 0.565. The Morgan fingerprint density at radius 3 is 2.62 bits per heavy atom. The van der Waals surface area contributed by atoms with Gasteiger partial charge in [0.15, 0.2) is 0 Å². The Labute approximate surface area is 85.8 Å². The van der Waals surface area contributed by atoms with E-state index in [-0.39, 0.29) is 0 Å². The molecule has 1 aromatic rings. The van der Waals surface area contributed by atoms with Gasteiger partial charge in [0.05, 0.1) is 5.69 Å². The molecular weight excluding hydrogens is 230 g/mol. The topological polar surface area (TPSA) is 29.4 Å². The fourth-order valence-electron chi connectivity index (χ4n) is 1.05. The van der Waals surface area contributed by atoms with E-state index in [1.54, 1.807) is 6.07 Å². The van der Waals surface area contributed by atoms with Crippen molar-refractivity contribution in [2.24, 2.45) is 4.99 Å². The summed E-state index contributed by atoms with van der Waals surface area (Å²) in [6.45, 7) is 4.19. The molecule has 68 valence electrons. The first-order chi connectivity index (χ1) is 6.13. The van der Waals surface area contributed by atoms with Crippen molar-refractivity contribution in [1.82, 2.24) is 0 Å². The lowest BCUT2D eigenvalue weighted by Gasteiger charge is -2.06. The fraction of sp³-hybridized carbons (Fsp3) is 0.300. The molecule has 13 heavy (non-hydrogen) atoms. The third-order valence-corrected chi connectivity index (χ3v) is 2.20. The van der Waals surface area contributed by atoms with Gasteiger partial charge >= 0.3 is 0 Å². The number of hydrogen-bond acceptors (Lipinski definition) is 2. The lowest BCUT2D eigenvalue weighted by atomic mass is 10.0. The molecule has 0 aliphatic carbocycles. The predicted molar refractivity (Wildman–Crippen MR) is 56.0 cm³/mol. The average molecular weight is 240 g/mol. The van der Waals surface area contributed by atoms with Crippen LogP contribution in [0.3, 0.4) is 0 Å². The molecule has 0 aliphatic rings. The second-order valence-electron chi connectivity index (χ2n) is 3.10. The fourth-order valence-corrected chi connectivity index (χ4v) is 1.55. The van der Waals surface area contributed by atoms with E-state index in [1.165, 1.54) is 6.08 Å². The number of aliphatic imine (C=N–C) groups is 1. The average Bonchev–Trinajstić information content (AvgIpc) is 2.03. The third-order valence-electron chi connectivity index (χ3n) is 1.75. The highest BCUT2D eigenvalue weighted by Gasteiger charge is 2.02. The normalized spacial score (nSPS) is 9.85. The van der Waals surface area contributed by atoms with Gasteiger partial charge in [0.2, 0.25) is 6.08 Å². The highest BCUT2D eigenvalue weighted by Crippen LogP contribution is 2.25. The second kappa shape index (κ2) is 4.35. The van der Waals surface area contributed by atoms with Crippen LogP contribution in [-0.2, 0) is 4.79 Å². The zero-order valence-corrected chi connectivity index (χ0v) is 9.13. The van der Waals surface area contributed by atoms with Gasteiger partial charge in [-0.3, -0.25) is 0 Å². The highest BCUT2D eigenvalue weighted by molar-refractivity contribution is 9.10. The molecule has 2 nitrogen and oxygen atoms in total. The minimum absolute atomic E-state index is 0.429. The SMILES string of the molecule is CC(C)c1cc(Br)cc(N=C=O)c1. The number of isocyanates is 1. The van der Waals surface area contributed by atoms with Crippen LogP contribution in [0.25, 0.3) is 0 Å². The van der Waals surface area contributed by atoms with Crippen molar-refractivity contribution in [3.05, 3.63) is 28.2 Å². The molecule has 0 heterocycles. The molecular formula is C10H10BrNO. The zero-order valence-electron chi connectivity index (χ0n) is 7.54. The molecule has 0 unspecified atom stereocenters. The van der Waals surface area contributed by atoms with Crippen molar-refractivity contribution >= 4 is 27.7 Å². The van der Waals surface area contributed by atoms with Gasteiger partial charge in [0.1, 0.15) is 0 Å². The van der Waals surface area contributed by atoms with Crippen LogP contribution in [0.4, 0.5) is 5.69 Å². The van der Waals surface area contributed by atoms with Crippen molar-refractivity contribution in [2.75, 3.05) is 0 Å². The number of nitrogens with zero attached hydrogens (tertiary/aromatic N) is 1. The van der Waals surface area contributed by atoms with Crippen LogP contribution in [0.1, 0.15) is 25.3 Å². The summed E-state index contributed by atoms with van der Waals surface area (Å²) in [6, 6.07) is 5.70. The summed E-state index contributed by atoms with van der Waals surface area (Å²) in [6.07, 6.45) is 1.53. The smallest absolute Gasteiger partial charge is 0.211 e. The van der Waals surface area contributed by atoms with Gasteiger partial charge in [-0.25, -0.2) is 4.79 Å². The Morgan fingerprint density at radius 2 is 2.08 bits per heavy atom. The third kappa shape index (κ3) is 2.79. The summed E-state index contributed by atoms with van der Waals surface area (Å²) in [5.74, 6) is 0.429. The lowest BCUT2D eigenvalue weighted by Crippen LogP contribution is -1.86. The van der Waals surface area contributed by atoms with E-state index in [1.807, 2.05) is 12.1 Å². The maximum absolute atomic E-state index is 10.1. The van der Waals surface area contributed by atoms with Crippen molar-refractivity contribution in [3.63, 3.8) is 0 Å². The highest BCUT2D eigenvalue weighted by atomic mass is 79.9. The maximum Gasteiger partial charge on any atom is 0.240 e. The number of benzene rings is 1. The Balaban J connectivity index is 3.18. The van der Waals surface area contributed by atoms with Crippen LogP contribution in [-0.4, -0.2) is 6.08 Å². The minimum atomic E-state index is 0.429. The van der Waals surface area contributed by atoms with Gasteiger partial charge in [-0.05, 0) is 29.7 Å². The van der Waals surface area contributed by atoms with Crippen molar-refractivity contribution in [2.45, 2.75) is 19.8 Å². The Hall–Kier alpha value is -0.920. The molecule has 0 N–H and O–H groups in total. The number of halogens is 1. The Morgan fingerprint density at radius 1 is 1.38 bits per heavy atom. The second-order valence-corrected chi connectivity index (χ2v) is 4.02. The summed E-state index contributed by atoms with van der Waals surface area (Å²) in [7, 11) is 0. The molecule has 0 aromatic heterocycles. The minimum Gasteiger partial charge on any atom is -0.211 e. The van der Waals surface area contributed by atoms with E-state index in [0.29, 0.717) is 11.6 Å².